The smallest absolute Gasteiger partial charge is 0.342 e. The first-order chi connectivity index (χ1) is 15.5. The lowest BCUT2D eigenvalue weighted by Crippen LogP contribution is -2.35. The lowest BCUT2D eigenvalue weighted by atomic mass is 9.90. The predicted octanol–water partition coefficient (Wildman–Crippen LogP) is 3.10. The zero-order chi connectivity index (χ0) is 22.7. The SMILES string of the molecule is [C-]#[N+]C1CC(OC(=O)c2cc(Cl)cc3cc(CNC(=O)/C(=C/N)c4ncccn4)oc23)C1. The molecule has 1 fully saturated rings. The predicted molar refractivity (Wildman–Crippen MR) is 116 cm³/mol. The monoisotopic (exact) mass is 451 g/mol. The topological polar surface area (TPSA) is 125 Å². The Labute approximate surface area is 188 Å². The van der Waals surface area contributed by atoms with Gasteiger partial charge in [-0.1, -0.05) is 11.6 Å². The molecular formula is C22H18ClN5O4. The van der Waals surface area contributed by atoms with Crippen molar-refractivity contribution in [2.24, 2.45) is 5.73 Å². The number of nitrogens with two attached hydrogens (primary N) is 1. The van der Waals surface area contributed by atoms with Crippen LogP contribution in [0, 0.1) is 6.57 Å². The summed E-state index contributed by atoms with van der Waals surface area (Å²) < 4.78 is 11.3. The van der Waals surface area contributed by atoms with Gasteiger partial charge in [0.1, 0.15) is 23.0 Å². The number of hydrogen-bond donors (Lipinski definition) is 2. The average Bonchev–Trinajstić information content (AvgIpc) is 3.17. The molecule has 0 spiro atoms. The summed E-state index contributed by atoms with van der Waals surface area (Å²) in [5.74, 6) is -0.432. The first-order valence-corrected chi connectivity index (χ1v) is 10.1. The van der Waals surface area contributed by atoms with Crippen molar-refractivity contribution in [3.63, 3.8) is 0 Å². The molecule has 0 atom stereocenters. The third-order valence-electron chi connectivity index (χ3n) is 5.02. The Morgan fingerprint density at radius 3 is 2.75 bits per heavy atom. The third kappa shape index (κ3) is 4.40. The lowest BCUT2D eigenvalue weighted by Gasteiger charge is -2.26. The molecule has 4 rings (SSSR count). The van der Waals surface area contributed by atoms with Crippen LogP contribution in [0.15, 0.2) is 47.3 Å². The van der Waals surface area contributed by atoms with Crippen LogP contribution in [-0.2, 0) is 16.1 Å². The molecule has 1 aliphatic rings. The van der Waals surface area contributed by atoms with Gasteiger partial charge in [-0.2, -0.15) is 0 Å². The van der Waals surface area contributed by atoms with E-state index in [-0.39, 0.29) is 35.7 Å². The molecule has 1 aromatic carbocycles. The Kier molecular flexibility index (Phi) is 6.05. The number of hydrogen-bond acceptors (Lipinski definition) is 7. The van der Waals surface area contributed by atoms with E-state index in [1.165, 1.54) is 18.5 Å². The second-order valence-corrected chi connectivity index (χ2v) is 7.64. The molecule has 1 aliphatic carbocycles. The number of esters is 1. The van der Waals surface area contributed by atoms with Crippen LogP contribution in [0.3, 0.4) is 0 Å². The Morgan fingerprint density at radius 1 is 1.31 bits per heavy atom. The highest BCUT2D eigenvalue weighted by Crippen LogP contribution is 2.31. The minimum Gasteiger partial charge on any atom is -0.458 e. The summed E-state index contributed by atoms with van der Waals surface area (Å²) >= 11 is 6.17. The summed E-state index contributed by atoms with van der Waals surface area (Å²) in [5, 5.41) is 3.65. The molecule has 0 aliphatic heterocycles. The van der Waals surface area contributed by atoms with E-state index in [2.05, 4.69) is 20.1 Å². The van der Waals surface area contributed by atoms with Gasteiger partial charge in [0.25, 0.3) is 5.91 Å². The zero-order valence-electron chi connectivity index (χ0n) is 16.7. The minimum atomic E-state index is -0.564. The lowest BCUT2D eigenvalue weighted by molar-refractivity contribution is -0.115. The van der Waals surface area contributed by atoms with Crippen molar-refractivity contribution in [1.82, 2.24) is 15.3 Å². The summed E-state index contributed by atoms with van der Waals surface area (Å²) in [7, 11) is 0. The second-order valence-electron chi connectivity index (χ2n) is 7.20. The average molecular weight is 452 g/mol. The molecule has 9 nitrogen and oxygen atoms in total. The number of fused-ring (bicyclic) bond motifs is 1. The van der Waals surface area contributed by atoms with Crippen LogP contribution in [0.1, 0.15) is 34.8 Å². The fraction of sp³-hybridized carbons (Fsp3) is 0.227. The van der Waals surface area contributed by atoms with E-state index in [4.69, 9.17) is 33.1 Å². The van der Waals surface area contributed by atoms with Gasteiger partial charge in [0.15, 0.2) is 5.82 Å². The zero-order valence-corrected chi connectivity index (χ0v) is 17.5. The number of nitrogens with zero attached hydrogens (tertiary/aromatic N) is 3. The van der Waals surface area contributed by atoms with Crippen LogP contribution in [0.2, 0.25) is 5.02 Å². The fourth-order valence-electron chi connectivity index (χ4n) is 3.32. The molecule has 32 heavy (non-hydrogen) atoms. The fourth-order valence-corrected chi connectivity index (χ4v) is 3.54. The van der Waals surface area contributed by atoms with E-state index in [1.54, 1.807) is 18.2 Å². The maximum Gasteiger partial charge on any atom is 0.342 e. The summed E-state index contributed by atoms with van der Waals surface area (Å²) in [6, 6.07) is 6.35. The van der Waals surface area contributed by atoms with Gasteiger partial charge in [0.05, 0.1) is 25.0 Å². The third-order valence-corrected chi connectivity index (χ3v) is 5.24. The maximum absolute atomic E-state index is 12.6. The molecule has 2 aromatic heterocycles. The number of amides is 1. The van der Waals surface area contributed by atoms with E-state index in [0.29, 0.717) is 34.6 Å². The Balaban J connectivity index is 1.49. The molecule has 162 valence electrons. The van der Waals surface area contributed by atoms with Gasteiger partial charge in [-0.05, 0) is 24.3 Å². The molecule has 0 bridgehead atoms. The van der Waals surface area contributed by atoms with E-state index < -0.39 is 11.9 Å². The van der Waals surface area contributed by atoms with Crippen molar-refractivity contribution in [2.75, 3.05) is 0 Å². The highest BCUT2D eigenvalue weighted by Gasteiger charge is 2.37. The van der Waals surface area contributed by atoms with Crippen LogP contribution in [0.4, 0.5) is 0 Å². The highest BCUT2D eigenvalue weighted by molar-refractivity contribution is 6.32. The molecule has 0 unspecified atom stereocenters. The Hall–Kier alpha value is -3.90. The number of halogens is 1. The summed E-state index contributed by atoms with van der Waals surface area (Å²) in [4.78, 5) is 36.6. The molecule has 0 radical (unpaired) electrons. The van der Waals surface area contributed by atoms with E-state index in [0.717, 1.165) is 6.20 Å². The summed E-state index contributed by atoms with van der Waals surface area (Å²) in [5.41, 5.74) is 6.19. The van der Waals surface area contributed by atoms with Crippen LogP contribution in [-0.4, -0.2) is 34.0 Å². The van der Waals surface area contributed by atoms with Crippen molar-refractivity contribution < 1.29 is 18.7 Å². The van der Waals surface area contributed by atoms with Crippen molar-refractivity contribution in [2.45, 2.75) is 31.5 Å². The van der Waals surface area contributed by atoms with Gasteiger partial charge in [-0.25, -0.2) is 21.3 Å². The number of furan rings is 1. The van der Waals surface area contributed by atoms with Crippen molar-refractivity contribution in [1.29, 1.82) is 0 Å². The highest BCUT2D eigenvalue weighted by atomic mass is 35.5. The largest absolute Gasteiger partial charge is 0.458 e. The summed E-state index contributed by atoms with van der Waals surface area (Å²) in [6.07, 6.45) is 4.91. The summed E-state index contributed by atoms with van der Waals surface area (Å²) in [6.45, 7) is 7.04. The number of carbonyl (C=O) groups excluding carboxylic acids is 2. The first kappa shape index (κ1) is 21.3. The molecule has 1 saturated carbocycles. The van der Waals surface area contributed by atoms with Gasteiger partial charge in [-0.15, -0.1) is 0 Å². The van der Waals surface area contributed by atoms with E-state index in [9.17, 15) is 9.59 Å². The molecule has 0 saturated heterocycles. The molecule has 3 aromatic rings. The number of benzene rings is 1. The van der Waals surface area contributed by atoms with Crippen molar-refractivity contribution in [3.8, 4) is 0 Å². The normalized spacial score (nSPS) is 17.9. The van der Waals surface area contributed by atoms with Crippen LogP contribution < -0.4 is 11.1 Å². The molecular weight excluding hydrogens is 434 g/mol. The molecule has 1 amide bonds. The number of rotatable bonds is 6. The molecule has 10 heteroatoms. The number of nitrogens with one attached hydrogen (secondary N) is 1. The first-order valence-electron chi connectivity index (χ1n) is 9.75. The number of ether oxygens (including phenoxy) is 1. The second kappa shape index (κ2) is 9.08. The van der Waals surface area contributed by atoms with E-state index in [1.807, 2.05) is 0 Å². The van der Waals surface area contributed by atoms with Crippen LogP contribution in [0.25, 0.3) is 21.4 Å². The Bertz CT molecular complexity index is 1240. The maximum atomic E-state index is 12.6. The Morgan fingerprint density at radius 2 is 2.06 bits per heavy atom. The minimum absolute atomic E-state index is 0.0408. The van der Waals surface area contributed by atoms with Gasteiger partial charge in [0, 0.05) is 29.0 Å². The molecule has 2 heterocycles. The van der Waals surface area contributed by atoms with Crippen molar-refractivity contribution in [3.05, 3.63) is 76.4 Å². The van der Waals surface area contributed by atoms with Crippen LogP contribution >= 0.6 is 11.6 Å². The molecule has 3 N–H and O–H groups in total. The van der Waals surface area contributed by atoms with E-state index >= 15 is 0 Å². The van der Waals surface area contributed by atoms with Gasteiger partial charge >= 0.3 is 5.97 Å². The van der Waals surface area contributed by atoms with Gasteiger partial charge in [0.2, 0.25) is 6.04 Å². The number of carbonyl (C=O) groups is 2. The van der Waals surface area contributed by atoms with Crippen molar-refractivity contribution >= 4 is 40.0 Å². The number of aromatic nitrogens is 2. The van der Waals surface area contributed by atoms with Crippen LogP contribution in [0.5, 0.6) is 0 Å². The van der Waals surface area contributed by atoms with Gasteiger partial charge in [-0.3, -0.25) is 4.79 Å². The van der Waals surface area contributed by atoms with Gasteiger partial charge < -0.3 is 25.0 Å². The quantitative estimate of drug-likeness (QED) is 0.335. The standard InChI is InChI=1S/C22H18ClN5O4/c1-25-14-8-15(9-14)32-22(30)17-7-13(23)5-12-6-16(31-19(12)17)11-28-21(29)18(10-24)20-26-3-2-4-27-20/h2-7,10,14-15H,8-9,11,24H2,(H,28,29)/b18-10+.